The summed E-state index contributed by atoms with van der Waals surface area (Å²) in [5.74, 6) is 1.68. The second-order valence-corrected chi connectivity index (χ2v) is 9.48. The Labute approximate surface area is 175 Å². The van der Waals surface area contributed by atoms with E-state index >= 15 is 0 Å². The van der Waals surface area contributed by atoms with Crippen LogP contribution in [0.3, 0.4) is 0 Å². The van der Waals surface area contributed by atoms with E-state index in [1.54, 1.807) is 36.5 Å². The molecule has 2 aliphatic heterocycles. The first kappa shape index (κ1) is 19.0. The fraction of sp³-hybridized carbons (Fsp3) is 0.273. The van der Waals surface area contributed by atoms with Gasteiger partial charge in [0.1, 0.15) is 17.6 Å². The summed E-state index contributed by atoms with van der Waals surface area (Å²) in [4.78, 5) is 8.64. The minimum absolute atomic E-state index is 0.0684. The molecule has 0 saturated carbocycles. The maximum absolute atomic E-state index is 13.3. The second kappa shape index (κ2) is 7.37. The van der Waals surface area contributed by atoms with Crippen LogP contribution in [0.25, 0.3) is 0 Å². The Hall–Kier alpha value is -2.97. The van der Waals surface area contributed by atoms with E-state index in [1.807, 2.05) is 13.0 Å². The van der Waals surface area contributed by atoms with Crippen LogP contribution in [-0.4, -0.2) is 37.6 Å². The molecule has 0 bridgehead atoms. The molecule has 7 nitrogen and oxygen atoms in total. The van der Waals surface area contributed by atoms with Gasteiger partial charge in [-0.25, -0.2) is 13.4 Å². The molecule has 3 heterocycles. The Balaban J connectivity index is 1.45. The van der Waals surface area contributed by atoms with Gasteiger partial charge in [0.25, 0.3) is 0 Å². The van der Waals surface area contributed by atoms with Crippen molar-refractivity contribution in [2.24, 2.45) is 0 Å². The smallest absolute Gasteiger partial charge is 0.238 e. The number of hydrogen-bond acceptors (Lipinski definition) is 7. The van der Waals surface area contributed by atoms with Crippen LogP contribution < -0.4 is 14.8 Å². The largest absolute Gasteiger partial charge is 0.488 e. The van der Waals surface area contributed by atoms with Gasteiger partial charge in [-0.05, 0) is 50.2 Å². The topological polar surface area (TPSA) is 90.4 Å². The lowest BCUT2D eigenvalue weighted by molar-refractivity contribution is 0.176. The van der Waals surface area contributed by atoms with Gasteiger partial charge in [0.05, 0.1) is 21.7 Å². The van der Waals surface area contributed by atoms with Crippen LogP contribution in [0.4, 0.5) is 0 Å². The lowest BCUT2D eigenvalue weighted by atomic mass is 9.90. The molecule has 1 saturated heterocycles. The first-order valence-corrected chi connectivity index (χ1v) is 11.3. The first-order valence-electron chi connectivity index (χ1n) is 9.84. The van der Waals surface area contributed by atoms with Crippen LogP contribution in [0.5, 0.6) is 17.4 Å². The number of aryl methyl sites for hydroxylation is 1. The number of fused-ring (bicyclic) bond motifs is 3. The Morgan fingerprint density at radius 1 is 1.13 bits per heavy atom. The highest BCUT2D eigenvalue weighted by Crippen LogP contribution is 2.42. The van der Waals surface area contributed by atoms with Crippen molar-refractivity contribution in [2.45, 2.75) is 35.2 Å². The number of nitrogens with one attached hydrogen (secondary N) is 1. The molecule has 0 spiro atoms. The zero-order chi connectivity index (χ0) is 20.7. The number of sulfone groups is 1. The van der Waals surface area contributed by atoms with Crippen LogP contribution in [0.2, 0.25) is 0 Å². The van der Waals surface area contributed by atoms with Crippen molar-refractivity contribution in [1.29, 1.82) is 0 Å². The van der Waals surface area contributed by atoms with E-state index in [4.69, 9.17) is 9.47 Å². The summed E-state index contributed by atoms with van der Waals surface area (Å²) in [6, 6.07) is 11.6. The summed E-state index contributed by atoms with van der Waals surface area (Å²) in [7, 11) is -3.73. The quantitative estimate of drug-likeness (QED) is 0.689. The Kier molecular flexibility index (Phi) is 4.67. The lowest BCUT2D eigenvalue weighted by Crippen LogP contribution is -2.39. The second-order valence-electron chi connectivity index (χ2n) is 7.53. The highest BCUT2D eigenvalue weighted by molar-refractivity contribution is 7.91. The molecule has 0 aliphatic carbocycles. The molecule has 1 fully saturated rings. The van der Waals surface area contributed by atoms with Gasteiger partial charge < -0.3 is 14.8 Å². The van der Waals surface area contributed by atoms with Gasteiger partial charge in [-0.3, -0.25) is 4.98 Å². The Morgan fingerprint density at radius 3 is 2.87 bits per heavy atom. The van der Waals surface area contributed by atoms with Crippen LogP contribution in [-0.2, 0) is 9.84 Å². The van der Waals surface area contributed by atoms with Crippen LogP contribution in [0.1, 0.15) is 23.6 Å². The molecule has 5 rings (SSSR count). The summed E-state index contributed by atoms with van der Waals surface area (Å²) >= 11 is 0. The maximum atomic E-state index is 13.3. The van der Waals surface area contributed by atoms with E-state index in [2.05, 4.69) is 15.3 Å². The highest BCUT2D eigenvalue weighted by atomic mass is 32.2. The third-order valence-corrected chi connectivity index (χ3v) is 7.22. The molecule has 1 N–H and O–H groups in total. The third-order valence-electron chi connectivity index (χ3n) is 5.47. The van der Waals surface area contributed by atoms with Gasteiger partial charge in [0.2, 0.25) is 15.7 Å². The molecule has 1 aromatic heterocycles. The molecule has 3 aromatic rings. The van der Waals surface area contributed by atoms with E-state index in [0.29, 0.717) is 29.0 Å². The lowest BCUT2D eigenvalue weighted by Gasteiger charge is -2.24. The summed E-state index contributed by atoms with van der Waals surface area (Å²) in [5, 5.41) is 3.32. The van der Waals surface area contributed by atoms with E-state index < -0.39 is 9.84 Å². The number of aromatic nitrogens is 2. The van der Waals surface area contributed by atoms with Gasteiger partial charge >= 0.3 is 0 Å². The van der Waals surface area contributed by atoms with E-state index in [-0.39, 0.29) is 15.9 Å². The third kappa shape index (κ3) is 3.42. The minimum Gasteiger partial charge on any atom is -0.488 e. The monoisotopic (exact) mass is 423 g/mol. The predicted octanol–water partition coefficient (Wildman–Crippen LogP) is 3.25. The SMILES string of the molecule is Cc1cncc(Oc2cccc(S(=O)(=O)c3ccc4c(c3)OC3CNCCC43)c2)n1. The average molecular weight is 423 g/mol. The normalized spacial score (nSPS) is 20.2. The molecule has 2 atom stereocenters. The standard InChI is InChI=1S/C22H21N3O4S/c1-14-11-24-13-22(25-14)28-15-3-2-4-16(9-15)30(26,27)17-5-6-18-19-7-8-23-12-21(19)29-20(18)10-17/h2-6,9-11,13,19,21,23H,7-8,12H2,1H3. The molecule has 154 valence electrons. The zero-order valence-corrected chi connectivity index (χ0v) is 17.2. The van der Waals surface area contributed by atoms with Crippen molar-refractivity contribution in [3.63, 3.8) is 0 Å². The number of ether oxygens (including phenoxy) is 2. The Morgan fingerprint density at radius 2 is 2.00 bits per heavy atom. The van der Waals surface area contributed by atoms with Crippen molar-refractivity contribution in [3.05, 3.63) is 66.1 Å². The van der Waals surface area contributed by atoms with Crippen molar-refractivity contribution in [1.82, 2.24) is 15.3 Å². The van der Waals surface area contributed by atoms with Gasteiger partial charge in [0.15, 0.2) is 0 Å². The van der Waals surface area contributed by atoms with Crippen molar-refractivity contribution in [2.75, 3.05) is 13.1 Å². The van der Waals surface area contributed by atoms with Crippen molar-refractivity contribution < 1.29 is 17.9 Å². The van der Waals surface area contributed by atoms with Gasteiger partial charge in [0, 0.05) is 24.2 Å². The molecular weight excluding hydrogens is 402 g/mol. The molecule has 2 aromatic carbocycles. The van der Waals surface area contributed by atoms with E-state index in [1.165, 1.54) is 12.3 Å². The van der Waals surface area contributed by atoms with Gasteiger partial charge in [-0.1, -0.05) is 12.1 Å². The van der Waals surface area contributed by atoms with E-state index in [9.17, 15) is 8.42 Å². The highest BCUT2D eigenvalue weighted by Gasteiger charge is 2.36. The number of nitrogens with zero attached hydrogens (tertiary/aromatic N) is 2. The molecule has 2 unspecified atom stereocenters. The van der Waals surface area contributed by atoms with Crippen LogP contribution in [0, 0.1) is 6.92 Å². The summed E-state index contributed by atoms with van der Waals surface area (Å²) in [6.45, 7) is 3.54. The number of rotatable bonds is 4. The fourth-order valence-electron chi connectivity index (χ4n) is 4.01. The number of piperidine rings is 1. The first-order chi connectivity index (χ1) is 14.5. The summed E-state index contributed by atoms with van der Waals surface area (Å²) in [6.07, 6.45) is 4.17. The molecule has 8 heteroatoms. The average Bonchev–Trinajstić information content (AvgIpc) is 3.12. The fourth-order valence-corrected chi connectivity index (χ4v) is 5.32. The predicted molar refractivity (Wildman–Crippen MR) is 110 cm³/mol. The molecule has 2 aliphatic rings. The summed E-state index contributed by atoms with van der Waals surface area (Å²) in [5.41, 5.74) is 1.81. The zero-order valence-electron chi connectivity index (χ0n) is 16.4. The minimum atomic E-state index is -3.73. The maximum Gasteiger partial charge on any atom is 0.238 e. The number of hydrogen-bond donors (Lipinski definition) is 1. The van der Waals surface area contributed by atoms with Crippen molar-refractivity contribution in [3.8, 4) is 17.4 Å². The van der Waals surface area contributed by atoms with E-state index in [0.717, 1.165) is 25.1 Å². The molecular formula is C22H21N3O4S. The molecule has 30 heavy (non-hydrogen) atoms. The number of benzene rings is 2. The Bertz CT molecular complexity index is 1210. The van der Waals surface area contributed by atoms with Crippen LogP contribution >= 0.6 is 0 Å². The summed E-state index contributed by atoms with van der Waals surface area (Å²) < 4.78 is 38.2. The van der Waals surface area contributed by atoms with Crippen LogP contribution in [0.15, 0.2) is 64.6 Å². The van der Waals surface area contributed by atoms with Gasteiger partial charge in [-0.15, -0.1) is 0 Å². The van der Waals surface area contributed by atoms with Crippen molar-refractivity contribution >= 4 is 9.84 Å². The molecule has 0 amide bonds. The van der Waals surface area contributed by atoms with Gasteiger partial charge in [-0.2, -0.15) is 0 Å². The molecule has 0 radical (unpaired) electrons.